The van der Waals surface area contributed by atoms with E-state index in [2.05, 4.69) is 26.6 Å². The van der Waals surface area contributed by atoms with E-state index in [1.165, 1.54) is 18.9 Å². The SMILES string of the molecule is COCCNC(=O)NC(=O)CSc1ccc(N)cc1Br. The van der Waals surface area contributed by atoms with Crippen molar-refractivity contribution in [3.63, 3.8) is 0 Å². The van der Waals surface area contributed by atoms with Gasteiger partial charge in [0.05, 0.1) is 12.4 Å². The van der Waals surface area contributed by atoms with Gasteiger partial charge in [-0.2, -0.15) is 0 Å². The normalized spacial score (nSPS) is 10.1. The Morgan fingerprint density at radius 3 is 2.85 bits per heavy atom. The summed E-state index contributed by atoms with van der Waals surface area (Å²) in [7, 11) is 1.53. The van der Waals surface area contributed by atoms with E-state index in [4.69, 9.17) is 10.5 Å². The lowest BCUT2D eigenvalue weighted by molar-refractivity contribution is -0.117. The van der Waals surface area contributed by atoms with Gasteiger partial charge in [0.25, 0.3) is 0 Å². The van der Waals surface area contributed by atoms with Crippen molar-refractivity contribution in [3.8, 4) is 0 Å². The molecule has 0 saturated carbocycles. The van der Waals surface area contributed by atoms with Crippen molar-refractivity contribution in [2.24, 2.45) is 0 Å². The Kier molecular flexibility index (Phi) is 7.42. The van der Waals surface area contributed by atoms with Crippen LogP contribution < -0.4 is 16.4 Å². The van der Waals surface area contributed by atoms with E-state index in [-0.39, 0.29) is 11.7 Å². The molecule has 0 aliphatic carbocycles. The van der Waals surface area contributed by atoms with Gasteiger partial charge in [-0.15, -0.1) is 11.8 Å². The summed E-state index contributed by atoms with van der Waals surface area (Å²) in [5.74, 6) is -0.228. The molecule has 0 aliphatic rings. The van der Waals surface area contributed by atoms with Gasteiger partial charge in [-0.1, -0.05) is 0 Å². The smallest absolute Gasteiger partial charge is 0.321 e. The third-order valence-corrected chi connectivity index (χ3v) is 4.15. The van der Waals surface area contributed by atoms with E-state index in [0.29, 0.717) is 18.8 Å². The molecular weight excluding hydrogens is 346 g/mol. The standard InChI is InChI=1S/C12H16BrN3O3S/c1-19-5-4-15-12(18)16-11(17)7-20-10-3-2-8(14)6-9(10)13/h2-3,6H,4-5,7,14H2,1H3,(H2,15,16,17,18). The number of imide groups is 1. The zero-order valence-electron chi connectivity index (χ0n) is 10.9. The minimum absolute atomic E-state index is 0.139. The molecule has 0 fully saturated rings. The Morgan fingerprint density at radius 2 is 2.20 bits per heavy atom. The second-order valence-electron chi connectivity index (χ2n) is 3.78. The van der Waals surface area contributed by atoms with Gasteiger partial charge in [0.1, 0.15) is 0 Å². The van der Waals surface area contributed by atoms with Crippen LogP contribution in [0.15, 0.2) is 27.6 Å². The number of halogens is 1. The van der Waals surface area contributed by atoms with Gasteiger partial charge in [0.15, 0.2) is 0 Å². The molecule has 0 aromatic heterocycles. The molecule has 1 aromatic rings. The van der Waals surface area contributed by atoms with Gasteiger partial charge in [0, 0.05) is 28.7 Å². The zero-order chi connectivity index (χ0) is 15.0. The summed E-state index contributed by atoms with van der Waals surface area (Å²) >= 11 is 4.68. The van der Waals surface area contributed by atoms with Gasteiger partial charge in [-0.05, 0) is 34.1 Å². The second kappa shape index (κ2) is 8.83. The predicted octanol–water partition coefficient (Wildman–Crippen LogP) is 1.60. The van der Waals surface area contributed by atoms with Crippen LogP contribution in [0.25, 0.3) is 0 Å². The number of thioether (sulfide) groups is 1. The molecule has 3 amide bonds. The maximum atomic E-state index is 11.6. The average molecular weight is 362 g/mol. The largest absolute Gasteiger partial charge is 0.399 e. The van der Waals surface area contributed by atoms with Crippen LogP contribution in [0.2, 0.25) is 0 Å². The monoisotopic (exact) mass is 361 g/mol. The molecule has 0 aliphatic heterocycles. The Morgan fingerprint density at radius 1 is 1.45 bits per heavy atom. The number of benzene rings is 1. The molecule has 0 bridgehead atoms. The first-order valence-electron chi connectivity index (χ1n) is 5.77. The lowest BCUT2D eigenvalue weighted by Gasteiger charge is -2.07. The van der Waals surface area contributed by atoms with Crippen LogP contribution in [0.5, 0.6) is 0 Å². The number of anilines is 1. The number of carbonyl (C=O) groups excluding carboxylic acids is 2. The van der Waals surface area contributed by atoms with Crippen LogP contribution in [0.4, 0.5) is 10.5 Å². The molecule has 0 unspecified atom stereocenters. The number of nitrogens with two attached hydrogens (primary N) is 1. The highest BCUT2D eigenvalue weighted by Gasteiger charge is 2.09. The Labute approximate surface area is 129 Å². The second-order valence-corrected chi connectivity index (χ2v) is 5.65. The van der Waals surface area contributed by atoms with Crippen molar-refractivity contribution in [2.45, 2.75) is 4.90 Å². The van der Waals surface area contributed by atoms with Crippen molar-refractivity contribution >= 4 is 45.3 Å². The van der Waals surface area contributed by atoms with Gasteiger partial charge in [-0.25, -0.2) is 4.79 Å². The number of ether oxygens (including phenoxy) is 1. The fraction of sp³-hybridized carbons (Fsp3) is 0.333. The number of hydrogen-bond donors (Lipinski definition) is 3. The lowest BCUT2D eigenvalue weighted by atomic mass is 10.3. The summed E-state index contributed by atoms with van der Waals surface area (Å²) in [4.78, 5) is 23.8. The molecule has 1 aromatic carbocycles. The predicted molar refractivity (Wildman–Crippen MR) is 82.7 cm³/mol. The minimum Gasteiger partial charge on any atom is -0.399 e. The Balaban J connectivity index is 2.34. The molecule has 4 N–H and O–H groups in total. The highest BCUT2D eigenvalue weighted by atomic mass is 79.9. The first kappa shape index (κ1) is 16.8. The van der Waals surface area contributed by atoms with E-state index < -0.39 is 6.03 Å². The summed E-state index contributed by atoms with van der Waals surface area (Å²) in [6, 6.07) is 4.81. The molecule has 8 heteroatoms. The number of rotatable bonds is 6. The van der Waals surface area contributed by atoms with Crippen molar-refractivity contribution in [3.05, 3.63) is 22.7 Å². The van der Waals surface area contributed by atoms with Gasteiger partial charge in [0.2, 0.25) is 5.91 Å². The third-order valence-electron chi connectivity index (χ3n) is 2.16. The molecule has 0 heterocycles. The lowest BCUT2D eigenvalue weighted by Crippen LogP contribution is -2.41. The topological polar surface area (TPSA) is 93.5 Å². The molecule has 0 atom stereocenters. The van der Waals surface area contributed by atoms with E-state index >= 15 is 0 Å². The van der Waals surface area contributed by atoms with Crippen molar-refractivity contribution < 1.29 is 14.3 Å². The molecule has 0 spiro atoms. The van der Waals surface area contributed by atoms with E-state index in [0.717, 1.165) is 9.37 Å². The van der Waals surface area contributed by atoms with Crippen molar-refractivity contribution in [1.82, 2.24) is 10.6 Å². The van der Waals surface area contributed by atoms with Crippen molar-refractivity contribution in [2.75, 3.05) is 31.7 Å². The number of nitrogen functional groups attached to an aromatic ring is 1. The van der Waals surface area contributed by atoms with E-state index in [9.17, 15) is 9.59 Å². The fourth-order valence-electron chi connectivity index (χ4n) is 1.25. The van der Waals surface area contributed by atoms with Gasteiger partial charge < -0.3 is 15.8 Å². The summed E-state index contributed by atoms with van der Waals surface area (Å²) < 4.78 is 5.60. The summed E-state index contributed by atoms with van der Waals surface area (Å²) in [6.07, 6.45) is 0. The van der Waals surface area contributed by atoms with E-state index in [1.807, 2.05) is 6.07 Å². The number of nitrogens with one attached hydrogen (secondary N) is 2. The number of amides is 3. The van der Waals surface area contributed by atoms with Crippen molar-refractivity contribution in [1.29, 1.82) is 0 Å². The summed E-state index contributed by atoms with van der Waals surface area (Å²) in [5, 5.41) is 4.74. The Hall–Kier alpha value is -1.25. The van der Waals surface area contributed by atoms with Crippen LogP contribution in [0.3, 0.4) is 0 Å². The third kappa shape index (κ3) is 6.27. The highest BCUT2D eigenvalue weighted by molar-refractivity contribution is 9.10. The number of hydrogen-bond acceptors (Lipinski definition) is 5. The van der Waals surface area contributed by atoms with Gasteiger partial charge in [-0.3, -0.25) is 10.1 Å². The Bertz CT molecular complexity index is 485. The van der Waals surface area contributed by atoms with Crippen LogP contribution in [0, 0.1) is 0 Å². The molecule has 6 nitrogen and oxygen atoms in total. The average Bonchev–Trinajstić information content (AvgIpc) is 2.38. The number of carbonyl (C=O) groups is 2. The van der Waals surface area contributed by atoms with Crippen LogP contribution >= 0.6 is 27.7 Å². The number of urea groups is 1. The minimum atomic E-state index is -0.524. The van der Waals surface area contributed by atoms with Gasteiger partial charge >= 0.3 is 6.03 Å². The number of methoxy groups -OCH3 is 1. The van der Waals surface area contributed by atoms with E-state index in [1.54, 1.807) is 12.1 Å². The molecular formula is C12H16BrN3O3S. The molecule has 1 rings (SSSR count). The summed E-state index contributed by atoms with van der Waals surface area (Å²) in [5.41, 5.74) is 6.27. The highest BCUT2D eigenvalue weighted by Crippen LogP contribution is 2.28. The van der Waals surface area contributed by atoms with Crippen LogP contribution in [-0.4, -0.2) is 38.0 Å². The molecule has 20 heavy (non-hydrogen) atoms. The first-order valence-corrected chi connectivity index (χ1v) is 7.55. The molecule has 0 saturated heterocycles. The molecule has 110 valence electrons. The quantitative estimate of drug-likeness (QED) is 0.406. The summed E-state index contributed by atoms with van der Waals surface area (Å²) in [6.45, 7) is 0.751. The van der Waals surface area contributed by atoms with Crippen LogP contribution in [0.1, 0.15) is 0 Å². The maximum absolute atomic E-state index is 11.6. The first-order chi connectivity index (χ1) is 9.52. The maximum Gasteiger partial charge on any atom is 0.321 e. The fourth-order valence-corrected chi connectivity index (χ4v) is 2.71. The zero-order valence-corrected chi connectivity index (χ0v) is 13.3. The van der Waals surface area contributed by atoms with Crippen LogP contribution in [-0.2, 0) is 9.53 Å². The molecule has 0 radical (unpaired) electrons.